The van der Waals surface area contributed by atoms with Crippen molar-refractivity contribution in [3.63, 3.8) is 0 Å². The molecule has 0 aliphatic carbocycles. The molecule has 0 radical (unpaired) electrons. The Bertz CT molecular complexity index is 505. The molecule has 0 spiro atoms. The molecule has 0 heterocycles. The second-order valence-electron chi connectivity index (χ2n) is 3.57. The van der Waals surface area contributed by atoms with Gasteiger partial charge in [-0.05, 0) is 36.4 Å². The highest BCUT2D eigenvalue weighted by atomic mass is 35.5. The maximum Gasteiger partial charge on any atom is 0.417 e. The quantitative estimate of drug-likeness (QED) is 0.560. The van der Waals surface area contributed by atoms with Crippen molar-refractivity contribution in [1.82, 2.24) is 0 Å². The summed E-state index contributed by atoms with van der Waals surface area (Å²) in [5.41, 5.74) is 5.19. The minimum Gasteiger partial charge on any atom is -0.508 e. The maximum atomic E-state index is 12.0. The van der Waals surface area contributed by atoms with E-state index < -0.39 is 11.7 Å². The van der Waals surface area contributed by atoms with E-state index in [4.69, 9.17) is 22.4 Å². The van der Waals surface area contributed by atoms with Crippen LogP contribution in [-0.2, 0) is 6.18 Å². The summed E-state index contributed by atoms with van der Waals surface area (Å²) in [5.74, 6) is 0.249. The third kappa shape index (κ3) is 5.09. The number of aromatic hydroxyl groups is 1. The van der Waals surface area contributed by atoms with Crippen LogP contribution in [0.1, 0.15) is 5.56 Å². The van der Waals surface area contributed by atoms with Crippen molar-refractivity contribution < 1.29 is 18.3 Å². The van der Waals surface area contributed by atoms with E-state index in [-0.39, 0.29) is 10.8 Å². The van der Waals surface area contributed by atoms with E-state index in [0.29, 0.717) is 5.69 Å². The van der Waals surface area contributed by atoms with Crippen molar-refractivity contribution in [2.45, 2.75) is 6.18 Å². The van der Waals surface area contributed by atoms with E-state index in [2.05, 4.69) is 0 Å². The molecule has 2 rings (SSSR count). The third-order valence-electron chi connectivity index (χ3n) is 2.07. The Morgan fingerprint density at radius 2 is 1.47 bits per heavy atom. The highest BCUT2D eigenvalue weighted by Gasteiger charge is 2.32. The number of nitrogen functional groups attached to an aromatic ring is 1. The number of alkyl halides is 3. The lowest BCUT2D eigenvalue weighted by Crippen LogP contribution is -2.04. The van der Waals surface area contributed by atoms with Crippen LogP contribution in [-0.4, -0.2) is 5.11 Å². The van der Waals surface area contributed by atoms with Crippen LogP contribution in [0.2, 0.25) is 5.02 Å². The fraction of sp³-hybridized carbons (Fsp3) is 0.0769. The molecule has 0 aromatic heterocycles. The summed E-state index contributed by atoms with van der Waals surface area (Å²) in [6.07, 6.45) is -4.35. The first kappa shape index (κ1) is 15.2. The number of benzene rings is 2. The molecule has 0 unspecified atom stereocenters. The first-order valence-electron chi connectivity index (χ1n) is 5.17. The van der Waals surface area contributed by atoms with Crippen molar-refractivity contribution in [1.29, 1.82) is 0 Å². The summed E-state index contributed by atoms with van der Waals surface area (Å²) < 4.78 is 35.9. The predicted molar refractivity (Wildman–Crippen MR) is 69.0 cm³/mol. The van der Waals surface area contributed by atoms with Crippen molar-refractivity contribution in [3.8, 4) is 5.75 Å². The summed E-state index contributed by atoms with van der Waals surface area (Å²) >= 11 is 5.29. The molecule has 2 aromatic carbocycles. The second kappa shape index (κ2) is 6.33. The zero-order valence-electron chi connectivity index (χ0n) is 9.66. The molecular weight excluding hydrogens is 279 g/mol. The number of phenolic OH excluding ortho intramolecular Hbond substituents is 1. The Balaban J connectivity index is 0.000000200. The molecule has 3 N–H and O–H groups in total. The Labute approximate surface area is 113 Å². The molecule has 2 aromatic rings. The van der Waals surface area contributed by atoms with Crippen LogP contribution in [0.3, 0.4) is 0 Å². The summed E-state index contributed by atoms with van der Waals surface area (Å²) in [7, 11) is 0. The number of nitrogens with two attached hydrogens (primary N) is 1. The van der Waals surface area contributed by atoms with Crippen LogP contribution in [0.5, 0.6) is 5.75 Å². The van der Waals surface area contributed by atoms with Gasteiger partial charge in [-0.15, -0.1) is 0 Å². The molecule has 0 bridgehead atoms. The first-order chi connectivity index (χ1) is 8.80. The Hall–Kier alpha value is -1.88. The third-order valence-corrected chi connectivity index (χ3v) is 2.40. The fourth-order valence-electron chi connectivity index (χ4n) is 1.17. The second-order valence-corrected chi connectivity index (χ2v) is 3.98. The largest absolute Gasteiger partial charge is 0.508 e. The normalized spacial score (nSPS) is 10.5. The molecular formula is C13H11ClF3NO. The van der Waals surface area contributed by atoms with Gasteiger partial charge in [0.2, 0.25) is 0 Å². The van der Waals surface area contributed by atoms with Crippen LogP contribution in [0.4, 0.5) is 18.9 Å². The Kier molecular flexibility index (Phi) is 5.06. The molecule has 0 atom stereocenters. The van der Waals surface area contributed by atoms with Gasteiger partial charge in [0.05, 0.1) is 10.6 Å². The highest BCUT2D eigenvalue weighted by Crippen LogP contribution is 2.33. The van der Waals surface area contributed by atoms with E-state index in [1.807, 2.05) is 0 Å². The molecule has 2 nitrogen and oxygen atoms in total. The van der Waals surface area contributed by atoms with E-state index >= 15 is 0 Å². The van der Waals surface area contributed by atoms with Gasteiger partial charge < -0.3 is 10.8 Å². The summed E-state index contributed by atoms with van der Waals surface area (Å²) in [6, 6.07) is 11.3. The lowest BCUT2D eigenvalue weighted by molar-refractivity contribution is -0.137. The Morgan fingerprint density at radius 3 is 1.84 bits per heavy atom. The molecule has 19 heavy (non-hydrogen) atoms. The summed E-state index contributed by atoms with van der Waals surface area (Å²) in [5, 5.41) is 8.44. The summed E-state index contributed by atoms with van der Waals surface area (Å²) in [4.78, 5) is 0. The van der Waals surface area contributed by atoms with Crippen LogP contribution in [0.15, 0.2) is 48.5 Å². The minimum atomic E-state index is -4.35. The van der Waals surface area contributed by atoms with E-state index in [1.165, 1.54) is 18.2 Å². The van der Waals surface area contributed by atoms with Gasteiger partial charge in [0.15, 0.2) is 0 Å². The Morgan fingerprint density at radius 1 is 0.947 bits per heavy atom. The maximum absolute atomic E-state index is 12.0. The number of phenols is 1. The van der Waals surface area contributed by atoms with Crippen molar-refractivity contribution in [2.24, 2.45) is 0 Å². The molecule has 0 aliphatic heterocycles. The zero-order chi connectivity index (χ0) is 14.5. The van der Waals surface area contributed by atoms with Crippen LogP contribution < -0.4 is 5.73 Å². The van der Waals surface area contributed by atoms with Gasteiger partial charge in [-0.3, -0.25) is 0 Å². The smallest absolute Gasteiger partial charge is 0.417 e. The number of hydrogen-bond donors (Lipinski definition) is 2. The van der Waals surface area contributed by atoms with Gasteiger partial charge in [-0.25, -0.2) is 0 Å². The number of rotatable bonds is 0. The molecule has 0 saturated carbocycles. The van der Waals surface area contributed by atoms with Gasteiger partial charge in [-0.2, -0.15) is 13.2 Å². The number of halogens is 4. The monoisotopic (exact) mass is 289 g/mol. The average Bonchev–Trinajstić information content (AvgIpc) is 2.33. The van der Waals surface area contributed by atoms with E-state index in [1.54, 1.807) is 24.3 Å². The first-order valence-corrected chi connectivity index (χ1v) is 5.54. The SMILES string of the molecule is FC(F)(F)c1ccccc1Cl.Nc1ccc(O)cc1. The van der Waals surface area contributed by atoms with Gasteiger partial charge >= 0.3 is 6.18 Å². The van der Waals surface area contributed by atoms with Crippen LogP contribution >= 0.6 is 11.6 Å². The topological polar surface area (TPSA) is 46.2 Å². The zero-order valence-corrected chi connectivity index (χ0v) is 10.4. The molecule has 102 valence electrons. The minimum absolute atomic E-state index is 0.249. The van der Waals surface area contributed by atoms with Crippen molar-refractivity contribution >= 4 is 17.3 Å². The highest BCUT2D eigenvalue weighted by molar-refractivity contribution is 6.31. The predicted octanol–water partition coefficient (Wildman–Crippen LogP) is 4.33. The van der Waals surface area contributed by atoms with Gasteiger partial charge in [0, 0.05) is 5.69 Å². The molecule has 0 aliphatic rings. The van der Waals surface area contributed by atoms with Gasteiger partial charge in [0.25, 0.3) is 0 Å². The van der Waals surface area contributed by atoms with Gasteiger partial charge in [-0.1, -0.05) is 23.7 Å². The van der Waals surface area contributed by atoms with Crippen LogP contribution in [0.25, 0.3) is 0 Å². The molecule has 0 saturated heterocycles. The van der Waals surface area contributed by atoms with E-state index in [0.717, 1.165) is 6.07 Å². The van der Waals surface area contributed by atoms with Crippen molar-refractivity contribution in [3.05, 3.63) is 59.1 Å². The van der Waals surface area contributed by atoms with Crippen LogP contribution in [0, 0.1) is 0 Å². The van der Waals surface area contributed by atoms with E-state index in [9.17, 15) is 13.2 Å². The molecule has 0 amide bonds. The lowest BCUT2D eigenvalue weighted by Gasteiger charge is -2.06. The number of hydrogen-bond acceptors (Lipinski definition) is 2. The fourth-order valence-corrected chi connectivity index (χ4v) is 1.41. The number of anilines is 1. The lowest BCUT2D eigenvalue weighted by atomic mass is 10.2. The average molecular weight is 290 g/mol. The standard InChI is InChI=1S/C7H4ClF3.C6H7NO/c8-6-4-2-1-3-5(6)7(9,10)11;7-5-1-3-6(8)4-2-5/h1-4H;1-4,8H,7H2. The van der Waals surface area contributed by atoms with Gasteiger partial charge in [0.1, 0.15) is 5.75 Å². The molecule has 6 heteroatoms. The molecule has 0 fully saturated rings. The van der Waals surface area contributed by atoms with Crippen molar-refractivity contribution in [2.75, 3.05) is 5.73 Å². The summed E-state index contributed by atoms with van der Waals surface area (Å²) in [6.45, 7) is 0.